The molecule has 18 atom stereocenters. The second kappa shape index (κ2) is 14.2. The molecule has 2 heterocycles. The van der Waals surface area contributed by atoms with Crippen molar-refractivity contribution in [1.82, 2.24) is 0 Å². The summed E-state index contributed by atoms with van der Waals surface area (Å²) in [5.74, 6) is 0.0886. The molecule has 13 heteroatoms. The second-order valence-corrected chi connectivity index (χ2v) is 20.7. The van der Waals surface area contributed by atoms with E-state index in [4.69, 9.17) is 18.9 Å². The Labute approximate surface area is 325 Å². The number of carboxylic acids is 1. The first-order chi connectivity index (χ1) is 25.6. The van der Waals surface area contributed by atoms with Crippen molar-refractivity contribution in [2.75, 3.05) is 13.2 Å². The average Bonchev–Trinajstić information content (AvgIpc) is 3.12. The SMILES string of the molecule is CC1(C)CCC2(C(=O)O)CCC3(C)C(=CCC4C5(C)CCC(OC6OC(COC7OC(CO)C(O)C(O)C7O)C(O)C(O)C6O)C(C)(C)C5CCC43C)C2C1. The number of allylic oxidation sites excluding steroid dienone is 2. The fourth-order valence-electron chi connectivity index (χ4n) is 13.6. The Kier molecular flexibility index (Phi) is 10.8. The van der Waals surface area contributed by atoms with Crippen LogP contribution in [-0.2, 0) is 23.7 Å². The number of ether oxygens (including phenoxy) is 4. The fraction of sp³-hybridized carbons (Fsp3) is 0.929. The van der Waals surface area contributed by atoms with Crippen molar-refractivity contribution >= 4 is 5.97 Å². The van der Waals surface area contributed by atoms with Gasteiger partial charge in [0.1, 0.15) is 48.8 Å². The molecule has 8 N–H and O–H groups in total. The summed E-state index contributed by atoms with van der Waals surface area (Å²) >= 11 is 0. The molecular weight excluding hydrogens is 712 g/mol. The highest BCUT2D eigenvalue weighted by Gasteiger charge is 2.69. The van der Waals surface area contributed by atoms with Crippen molar-refractivity contribution in [3.63, 3.8) is 0 Å². The van der Waals surface area contributed by atoms with Crippen LogP contribution in [0.5, 0.6) is 0 Å². The highest BCUT2D eigenvalue weighted by atomic mass is 16.7. The second-order valence-electron chi connectivity index (χ2n) is 20.7. The maximum Gasteiger partial charge on any atom is 0.310 e. The third-order valence-electron chi connectivity index (χ3n) is 17.2. The number of fused-ring (bicyclic) bond motifs is 7. The number of hydrogen-bond acceptors (Lipinski definition) is 12. The Morgan fingerprint density at radius 2 is 1.36 bits per heavy atom. The van der Waals surface area contributed by atoms with Gasteiger partial charge in [0.2, 0.25) is 0 Å². The van der Waals surface area contributed by atoms with Crippen LogP contribution >= 0.6 is 0 Å². The third-order valence-corrected chi connectivity index (χ3v) is 17.2. The third kappa shape index (κ3) is 6.31. The molecule has 2 saturated heterocycles. The first-order valence-electron chi connectivity index (χ1n) is 20.8. The summed E-state index contributed by atoms with van der Waals surface area (Å²) in [5, 5.41) is 83.8. The van der Waals surface area contributed by atoms with Crippen LogP contribution in [0.25, 0.3) is 0 Å². The predicted octanol–water partition coefficient (Wildman–Crippen LogP) is 2.88. The van der Waals surface area contributed by atoms with Crippen LogP contribution in [0.4, 0.5) is 0 Å². The van der Waals surface area contributed by atoms with Gasteiger partial charge in [0.25, 0.3) is 0 Å². The molecule has 0 aromatic rings. The van der Waals surface area contributed by atoms with Crippen LogP contribution in [0.15, 0.2) is 11.6 Å². The summed E-state index contributed by atoms with van der Waals surface area (Å²) in [6.07, 6.45) is -3.90. The molecule has 0 bridgehead atoms. The Balaban J connectivity index is 1.08. The Hall–Kier alpha value is -1.23. The minimum atomic E-state index is -1.65. The minimum Gasteiger partial charge on any atom is -0.481 e. The number of aliphatic carboxylic acids is 1. The molecule has 2 aliphatic heterocycles. The van der Waals surface area contributed by atoms with Crippen LogP contribution < -0.4 is 0 Å². The number of carboxylic acid groups (broad SMARTS) is 1. The highest BCUT2D eigenvalue weighted by Crippen LogP contribution is 2.76. The standard InChI is InChI=1S/C42H68O13/c1-37(2)14-16-42(36(50)51)17-15-40(6)21(22(42)18-37)8-9-26-39(5)12-11-27(38(3,4)25(39)10-13-41(26,40)7)55-35-33(49)31(47)29(45)24(54-35)20-52-34-32(48)30(46)28(44)23(19-43)53-34/h8,22-35,43-49H,9-20H2,1-7H3,(H,50,51). The van der Waals surface area contributed by atoms with Gasteiger partial charge in [0, 0.05) is 0 Å². The summed E-state index contributed by atoms with van der Waals surface area (Å²) in [5.41, 5.74) is 0.344. The largest absolute Gasteiger partial charge is 0.481 e. The molecule has 0 amide bonds. The molecule has 0 spiro atoms. The maximum absolute atomic E-state index is 13.0. The number of carbonyl (C=O) groups is 1. The van der Waals surface area contributed by atoms with E-state index in [9.17, 15) is 45.6 Å². The lowest BCUT2D eigenvalue weighted by Crippen LogP contribution is -2.66. The van der Waals surface area contributed by atoms with E-state index in [-0.39, 0.29) is 45.0 Å². The van der Waals surface area contributed by atoms with E-state index in [2.05, 4.69) is 54.5 Å². The summed E-state index contributed by atoms with van der Waals surface area (Å²) in [6, 6.07) is 0. The molecular formula is C42H68O13. The average molecular weight is 781 g/mol. The Morgan fingerprint density at radius 1 is 0.745 bits per heavy atom. The van der Waals surface area contributed by atoms with Crippen molar-refractivity contribution in [3.05, 3.63) is 11.6 Å². The van der Waals surface area contributed by atoms with Gasteiger partial charge in [-0.25, -0.2) is 0 Å². The van der Waals surface area contributed by atoms with E-state index in [1.165, 1.54) is 5.57 Å². The normalized spacial score (nSPS) is 53.2. The molecule has 7 aliphatic rings. The Bertz CT molecular complexity index is 1480. The molecule has 18 unspecified atom stereocenters. The zero-order valence-corrected chi connectivity index (χ0v) is 33.8. The molecule has 314 valence electrons. The van der Waals surface area contributed by atoms with Crippen molar-refractivity contribution in [2.45, 2.75) is 180 Å². The van der Waals surface area contributed by atoms with Crippen LogP contribution in [0, 0.1) is 50.2 Å². The van der Waals surface area contributed by atoms with Gasteiger partial charge in [0.05, 0.1) is 24.7 Å². The molecule has 0 radical (unpaired) electrons. The lowest BCUT2D eigenvalue weighted by molar-refractivity contribution is -0.345. The zero-order chi connectivity index (χ0) is 40.3. The van der Waals surface area contributed by atoms with Gasteiger partial charge in [-0.2, -0.15) is 0 Å². The van der Waals surface area contributed by atoms with Crippen molar-refractivity contribution in [2.24, 2.45) is 50.2 Å². The van der Waals surface area contributed by atoms with Gasteiger partial charge < -0.3 is 59.8 Å². The van der Waals surface area contributed by atoms with E-state index >= 15 is 0 Å². The predicted molar refractivity (Wildman–Crippen MR) is 198 cm³/mol. The molecule has 55 heavy (non-hydrogen) atoms. The van der Waals surface area contributed by atoms with Crippen LogP contribution in [0.1, 0.15) is 113 Å². The van der Waals surface area contributed by atoms with Crippen LogP contribution in [0.2, 0.25) is 0 Å². The van der Waals surface area contributed by atoms with E-state index in [0.717, 1.165) is 57.8 Å². The topological polar surface area (TPSA) is 216 Å². The summed E-state index contributed by atoms with van der Waals surface area (Å²) in [4.78, 5) is 13.0. The quantitative estimate of drug-likeness (QED) is 0.138. The molecule has 7 rings (SSSR count). The molecule has 6 fully saturated rings. The van der Waals surface area contributed by atoms with Gasteiger partial charge in [-0.1, -0.05) is 60.1 Å². The van der Waals surface area contributed by atoms with Gasteiger partial charge in [-0.15, -0.1) is 0 Å². The van der Waals surface area contributed by atoms with Crippen molar-refractivity contribution in [1.29, 1.82) is 0 Å². The monoisotopic (exact) mass is 780 g/mol. The smallest absolute Gasteiger partial charge is 0.310 e. The van der Waals surface area contributed by atoms with E-state index in [1.54, 1.807) is 0 Å². The number of aliphatic hydroxyl groups is 7. The number of aliphatic hydroxyl groups excluding tert-OH is 7. The van der Waals surface area contributed by atoms with Crippen molar-refractivity contribution < 1.29 is 64.6 Å². The summed E-state index contributed by atoms with van der Waals surface area (Å²) in [7, 11) is 0. The minimum absolute atomic E-state index is 0.00451. The van der Waals surface area contributed by atoms with Crippen LogP contribution in [-0.4, -0.2) is 128 Å². The van der Waals surface area contributed by atoms with E-state index in [0.29, 0.717) is 12.3 Å². The molecule has 13 nitrogen and oxygen atoms in total. The van der Waals surface area contributed by atoms with Gasteiger partial charge in [0.15, 0.2) is 12.6 Å². The van der Waals surface area contributed by atoms with Crippen LogP contribution in [0.3, 0.4) is 0 Å². The van der Waals surface area contributed by atoms with Gasteiger partial charge in [-0.05, 0) is 109 Å². The lowest BCUT2D eigenvalue weighted by atomic mass is 9.33. The number of rotatable bonds is 7. The van der Waals surface area contributed by atoms with Gasteiger partial charge >= 0.3 is 5.97 Å². The first kappa shape index (κ1) is 41.9. The number of hydrogen-bond donors (Lipinski definition) is 8. The summed E-state index contributed by atoms with van der Waals surface area (Å²) in [6.45, 7) is 15.4. The highest BCUT2D eigenvalue weighted by molar-refractivity contribution is 5.76. The Morgan fingerprint density at radius 3 is 2.02 bits per heavy atom. The molecule has 5 aliphatic carbocycles. The maximum atomic E-state index is 13.0. The zero-order valence-electron chi connectivity index (χ0n) is 33.8. The fourth-order valence-corrected chi connectivity index (χ4v) is 13.6. The summed E-state index contributed by atoms with van der Waals surface area (Å²) < 4.78 is 23.7. The first-order valence-corrected chi connectivity index (χ1v) is 20.8. The van der Waals surface area contributed by atoms with Gasteiger partial charge in [-0.3, -0.25) is 4.79 Å². The lowest BCUT2D eigenvalue weighted by Gasteiger charge is -2.71. The molecule has 4 saturated carbocycles. The molecule has 0 aromatic heterocycles. The van der Waals surface area contributed by atoms with E-state index in [1.807, 2.05) is 0 Å². The van der Waals surface area contributed by atoms with Crippen molar-refractivity contribution in [3.8, 4) is 0 Å². The van der Waals surface area contributed by atoms with E-state index < -0.39 is 86.0 Å². The molecule has 0 aromatic carbocycles.